The summed E-state index contributed by atoms with van der Waals surface area (Å²) < 4.78 is 1.58. The maximum absolute atomic E-state index is 11.4. The topological polar surface area (TPSA) is 86.2 Å². The Hall–Kier alpha value is -2.47. The fraction of sp³-hybridized carbons (Fsp3) is 0.0769. The molecule has 3 aromatic rings. The van der Waals surface area contributed by atoms with Gasteiger partial charge in [-0.3, -0.25) is 4.79 Å². The van der Waals surface area contributed by atoms with E-state index in [0.717, 1.165) is 11.3 Å². The van der Waals surface area contributed by atoms with Crippen LogP contribution in [0.2, 0.25) is 5.15 Å². The number of hydrogen-bond acceptors (Lipinski definition) is 4. The van der Waals surface area contributed by atoms with Crippen LogP contribution in [-0.4, -0.2) is 25.5 Å². The standard InChI is InChI=1S/C13H10ClN5O/c1-7-4-10(8-2-3-11(14)16-5-8)18-13-9(12(15)20)6-17-19(7)13/h2-6H,1H3,(H2,15,20). The van der Waals surface area contributed by atoms with E-state index >= 15 is 0 Å². The molecule has 20 heavy (non-hydrogen) atoms. The van der Waals surface area contributed by atoms with Gasteiger partial charge >= 0.3 is 0 Å². The van der Waals surface area contributed by atoms with E-state index in [2.05, 4.69) is 15.1 Å². The number of nitrogens with two attached hydrogens (primary N) is 1. The van der Waals surface area contributed by atoms with Crippen molar-refractivity contribution in [3.05, 3.63) is 47.0 Å². The second kappa shape index (κ2) is 4.57. The van der Waals surface area contributed by atoms with Crippen molar-refractivity contribution in [2.75, 3.05) is 0 Å². The molecule has 100 valence electrons. The van der Waals surface area contributed by atoms with Crippen LogP contribution in [0, 0.1) is 6.92 Å². The molecule has 0 aromatic carbocycles. The van der Waals surface area contributed by atoms with E-state index in [4.69, 9.17) is 17.3 Å². The molecule has 0 aliphatic carbocycles. The third-order valence-corrected chi connectivity index (χ3v) is 3.16. The van der Waals surface area contributed by atoms with Gasteiger partial charge in [0.1, 0.15) is 10.7 Å². The molecule has 0 saturated carbocycles. The number of halogens is 1. The van der Waals surface area contributed by atoms with E-state index in [9.17, 15) is 4.79 Å². The highest BCUT2D eigenvalue weighted by Crippen LogP contribution is 2.21. The van der Waals surface area contributed by atoms with Crippen molar-refractivity contribution in [2.24, 2.45) is 5.73 Å². The van der Waals surface area contributed by atoms with Crippen LogP contribution in [0.1, 0.15) is 16.1 Å². The number of primary amides is 1. The van der Waals surface area contributed by atoms with E-state index in [1.165, 1.54) is 6.20 Å². The molecule has 0 unspecified atom stereocenters. The number of aryl methyl sites for hydroxylation is 1. The van der Waals surface area contributed by atoms with Crippen LogP contribution in [0.4, 0.5) is 0 Å². The van der Waals surface area contributed by atoms with Crippen molar-refractivity contribution in [3.63, 3.8) is 0 Å². The van der Waals surface area contributed by atoms with Crippen LogP contribution >= 0.6 is 11.6 Å². The highest BCUT2D eigenvalue weighted by molar-refractivity contribution is 6.29. The fourth-order valence-corrected chi connectivity index (χ4v) is 2.07. The summed E-state index contributed by atoms with van der Waals surface area (Å²) in [5.41, 5.74) is 8.37. The number of nitrogens with zero attached hydrogens (tertiary/aromatic N) is 4. The minimum absolute atomic E-state index is 0.289. The Balaban J connectivity index is 2.24. The number of fused-ring (bicyclic) bond motifs is 1. The lowest BCUT2D eigenvalue weighted by Crippen LogP contribution is -2.11. The number of amides is 1. The summed E-state index contributed by atoms with van der Waals surface area (Å²) in [7, 11) is 0. The van der Waals surface area contributed by atoms with E-state index in [1.54, 1.807) is 16.8 Å². The lowest BCUT2D eigenvalue weighted by molar-refractivity contribution is 0.100. The van der Waals surface area contributed by atoms with E-state index in [-0.39, 0.29) is 5.56 Å². The number of aromatic nitrogens is 4. The lowest BCUT2D eigenvalue weighted by atomic mass is 10.2. The molecule has 0 aliphatic rings. The molecule has 3 rings (SSSR count). The maximum Gasteiger partial charge on any atom is 0.254 e. The predicted molar refractivity (Wildman–Crippen MR) is 74.5 cm³/mol. The summed E-state index contributed by atoms with van der Waals surface area (Å²) >= 11 is 5.77. The van der Waals surface area contributed by atoms with Crippen LogP contribution in [0.15, 0.2) is 30.6 Å². The molecular formula is C13H10ClN5O. The molecule has 2 N–H and O–H groups in total. The number of carbonyl (C=O) groups is 1. The van der Waals surface area contributed by atoms with E-state index in [0.29, 0.717) is 16.5 Å². The SMILES string of the molecule is Cc1cc(-c2ccc(Cl)nc2)nc2c(C(N)=O)cnn12. The van der Waals surface area contributed by atoms with Crippen LogP contribution in [0.3, 0.4) is 0 Å². The normalized spacial score (nSPS) is 10.9. The Morgan fingerprint density at radius 2 is 2.15 bits per heavy atom. The minimum Gasteiger partial charge on any atom is -0.365 e. The molecule has 0 saturated heterocycles. The van der Waals surface area contributed by atoms with Gasteiger partial charge in [0.05, 0.1) is 11.9 Å². The Morgan fingerprint density at radius 1 is 1.35 bits per heavy atom. The molecule has 0 atom stereocenters. The molecule has 3 aromatic heterocycles. The zero-order chi connectivity index (χ0) is 14.3. The summed E-state index contributed by atoms with van der Waals surface area (Å²) in [5.74, 6) is -0.557. The Morgan fingerprint density at radius 3 is 2.80 bits per heavy atom. The summed E-state index contributed by atoms with van der Waals surface area (Å²) in [6, 6.07) is 5.35. The predicted octanol–water partition coefficient (Wildman–Crippen LogP) is 1.85. The first-order chi connectivity index (χ1) is 9.56. The van der Waals surface area contributed by atoms with Gasteiger partial charge in [0.15, 0.2) is 5.65 Å². The van der Waals surface area contributed by atoms with Gasteiger partial charge in [-0.15, -0.1) is 0 Å². The van der Waals surface area contributed by atoms with Gasteiger partial charge in [-0.2, -0.15) is 5.10 Å². The molecule has 7 heteroatoms. The van der Waals surface area contributed by atoms with Crippen LogP contribution in [-0.2, 0) is 0 Å². The molecule has 0 spiro atoms. The first-order valence-electron chi connectivity index (χ1n) is 5.83. The summed E-state index contributed by atoms with van der Waals surface area (Å²) in [5, 5.41) is 4.52. The van der Waals surface area contributed by atoms with Gasteiger partial charge in [-0.25, -0.2) is 14.5 Å². The quantitative estimate of drug-likeness (QED) is 0.729. The van der Waals surface area contributed by atoms with Crippen molar-refractivity contribution < 1.29 is 4.79 Å². The Bertz CT molecular complexity index is 809. The van der Waals surface area contributed by atoms with Crippen molar-refractivity contribution in [1.29, 1.82) is 0 Å². The van der Waals surface area contributed by atoms with Crippen LogP contribution < -0.4 is 5.73 Å². The largest absolute Gasteiger partial charge is 0.365 e. The average molecular weight is 288 g/mol. The zero-order valence-corrected chi connectivity index (χ0v) is 11.3. The van der Waals surface area contributed by atoms with Crippen molar-refractivity contribution in [1.82, 2.24) is 19.6 Å². The number of pyridine rings is 1. The van der Waals surface area contributed by atoms with E-state index in [1.807, 2.05) is 19.1 Å². The van der Waals surface area contributed by atoms with Crippen molar-refractivity contribution in [2.45, 2.75) is 6.92 Å². The molecule has 6 nitrogen and oxygen atoms in total. The number of hydrogen-bond donors (Lipinski definition) is 1. The molecule has 0 aliphatic heterocycles. The Labute approximate surface area is 119 Å². The first kappa shape index (κ1) is 12.6. The number of carbonyl (C=O) groups excluding carboxylic acids is 1. The lowest BCUT2D eigenvalue weighted by Gasteiger charge is -2.05. The summed E-state index contributed by atoms with van der Waals surface area (Å²) in [6.07, 6.45) is 3.04. The van der Waals surface area contributed by atoms with Gasteiger partial charge in [-0.1, -0.05) is 11.6 Å². The molecule has 1 amide bonds. The molecular weight excluding hydrogens is 278 g/mol. The first-order valence-corrected chi connectivity index (χ1v) is 6.21. The molecule has 0 radical (unpaired) electrons. The fourth-order valence-electron chi connectivity index (χ4n) is 1.96. The zero-order valence-electron chi connectivity index (χ0n) is 10.5. The van der Waals surface area contributed by atoms with Crippen molar-refractivity contribution >= 4 is 23.2 Å². The average Bonchev–Trinajstić information content (AvgIpc) is 2.84. The van der Waals surface area contributed by atoms with E-state index < -0.39 is 5.91 Å². The summed E-state index contributed by atoms with van der Waals surface area (Å²) in [4.78, 5) is 19.8. The monoisotopic (exact) mass is 287 g/mol. The van der Waals surface area contributed by atoms with Gasteiger partial charge in [0.2, 0.25) is 0 Å². The number of rotatable bonds is 2. The second-order valence-electron chi connectivity index (χ2n) is 4.31. The highest BCUT2D eigenvalue weighted by atomic mass is 35.5. The smallest absolute Gasteiger partial charge is 0.254 e. The third-order valence-electron chi connectivity index (χ3n) is 2.94. The summed E-state index contributed by atoms with van der Waals surface area (Å²) in [6.45, 7) is 1.87. The second-order valence-corrected chi connectivity index (χ2v) is 4.70. The van der Waals surface area contributed by atoms with Crippen molar-refractivity contribution in [3.8, 4) is 11.3 Å². The maximum atomic E-state index is 11.4. The highest BCUT2D eigenvalue weighted by Gasteiger charge is 2.14. The molecule has 0 fully saturated rings. The molecule has 0 bridgehead atoms. The van der Waals surface area contributed by atoms with Crippen LogP contribution in [0.25, 0.3) is 16.9 Å². The Kier molecular flexibility index (Phi) is 2.87. The minimum atomic E-state index is -0.557. The van der Waals surface area contributed by atoms with Gasteiger partial charge in [0.25, 0.3) is 5.91 Å². The third kappa shape index (κ3) is 2.00. The van der Waals surface area contributed by atoms with Gasteiger partial charge in [0, 0.05) is 17.5 Å². The van der Waals surface area contributed by atoms with Crippen LogP contribution in [0.5, 0.6) is 0 Å². The van der Waals surface area contributed by atoms with Gasteiger partial charge < -0.3 is 5.73 Å². The molecule has 3 heterocycles. The van der Waals surface area contributed by atoms with Gasteiger partial charge in [-0.05, 0) is 25.1 Å².